The molecular weight excluding hydrogens is 192 g/mol. The van der Waals surface area contributed by atoms with E-state index in [0.717, 1.165) is 16.7 Å². The molecule has 1 saturated heterocycles. The number of fused-ring (bicyclic) bond motifs is 1. The van der Waals surface area contributed by atoms with Gasteiger partial charge in [0.15, 0.2) is 0 Å². The topological polar surface area (TPSA) is 45.3 Å². The van der Waals surface area contributed by atoms with Crippen LogP contribution in [0.15, 0.2) is 30.3 Å². The molecule has 1 aliphatic heterocycles. The number of carbonyl (C=O) groups excluding carboxylic acids is 1. The van der Waals surface area contributed by atoms with Crippen molar-refractivity contribution in [2.45, 2.75) is 0 Å². The van der Waals surface area contributed by atoms with Crippen LogP contribution in [0.3, 0.4) is 0 Å². The lowest BCUT2D eigenvalue weighted by Crippen LogP contribution is -2.23. The Labute approximate surface area is 86.4 Å². The fraction of sp³-hybridized carbons (Fsp3) is 0.182. The highest BCUT2D eigenvalue weighted by molar-refractivity contribution is 5.93. The number of aromatic nitrogens is 1. The lowest BCUT2D eigenvalue weighted by molar-refractivity contribution is 0.181. The number of para-hydroxylation sites is 1. The maximum absolute atomic E-state index is 11.3. The third-order valence-electron chi connectivity index (χ3n) is 2.57. The zero-order chi connectivity index (χ0) is 10.3. The van der Waals surface area contributed by atoms with Crippen LogP contribution in [0.5, 0.6) is 0 Å². The van der Waals surface area contributed by atoms with Crippen LogP contribution in [0.1, 0.15) is 0 Å². The molecule has 1 N–H and O–H groups in total. The van der Waals surface area contributed by atoms with Crippen molar-refractivity contribution in [3.05, 3.63) is 30.3 Å². The second kappa shape index (κ2) is 3.02. The normalized spacial score (nSPS) is 16.0. The van der Waals surface area contributed by atoms with Gasteiger partial charge in [-0.1, -0.05) is 18.2 Å². The SMILES string of the molecule is O=C1OCCN1c1cc2ccccc2[nH]1. The van der Waals surface area contributed by atoms with Crippen LogP contribution in [-0.2, 0) is 4.74 Å². The number of hydrogen-bond donors (Lipinski definition) is 1. The van der Waals surface area contributed by atoms with Crippen LogP contribution >= 0.6 is 0 Å². The molecule has 0 atom stereocenters. The number of nitrogens with zero attached hydrogens (tertiary/aromatic N) is 1. The molecule has 0 radical (unpaired) electrons. The van der Waals surface area contributed by atoms with Crippen LogP contribution in [-0.4, -0.2) is 24.2 Å². The molecule has 1 aromatic carbocycles. The standard InChI is InChI=1S/C11H10N2O2/c14-11-13(5-6-15-11)10-7-8-3-1-2-4-9(8)12-10/h1-4,7,12H,5-6H2. The predicted octanol–water partition coefficient (Wildman–Crippen LogP) is 2.12. The molecule has 15 heavy (non-hydrogen) atoms. The molecule has 2 heterocycles. The first-order valence-electron chi connectivity index (χ1n) is 4.87. The zero-order valence-corrected chi connectivity index (χ0v) is 8.06. The minimum atomic E-state index is -0.276. The third-order valence-corrected chi connectivity index (χ3v) is 2.57. The maximum Gasteiger partial charge on any atom is 0.415 e. The van der Waals surface area contributed by atoms with Gasteiger partial charge >= 0.3 is 6.09 Å². The Morgan fingerprint density at radius 1 is 1.33 bits per heavy atom. The third kappa shape index (κ3) is 1.26. The van der Waals surface area contributed by atoms with E-state index in [4.69, 9.17) is 4.74 Å². The van der Waals surface area contributed by atoms with Crippen molar-refractivity contribution in [3.8, 4) is 0 Å². The predicted molar refractivity (Wildman–Crippen MR) is 57.0 cm³/mol. The van der Waals surface area contributed by atoms with Gasteiger partial charge in [-0.3, -0.25) is 4.90 Å². The molecule has 3 rings (SSSR count). The molecular formula is C11H10N2O2. The van der Waals surface area contributed by atoms with Gasteiger partial charge in [-0.15, -0.1) is 0 Å². The number of H-pyrrole nitrogens is 1. The molecule has 0 aliphatic carbocycles. The van der Waals surface area contributed by atoms with Crippen molar-refractivity contribution in [1.29, 1.82) is 0 Å². The number of aromatic amines is 1. The first kappa shape index (κ1) is 8.35. The number of anilines is 1. The molecule has 2 aromatic rings. The molecule has 1 aliphatic rings. The smallest absolute Gasteiger partial charge is 0.415 e. The van der Waals surface area contributed by atoms with Gasteiger partial charge < -0.3 is 9.72 Å². The lowest BCUT2D eigenvalue weighted by Gasteiger charge is -2.08. The number of hydrogen-bond acceptors (Lipinski definition) is 2. The molecule has 1 fully saturated rings. The Morgan fingerprint density at radius 3 is 2.93 bits per heavy atom. The molecule has 0 bridgehead atoms. The average molecular weight is 202 g/mol. The van der Waals surface area contributed by atoms with E-state index in [9.17, 15) is 4.79 Å². The summed E-state index contributed by atoms with van der Waals surface area (Å²) in [5.41, 5.74) is 1.03. The maximum atomic E-state index is 11.3. The number of ether oxygens (including phenoxy) is 1. The number of cyclic esters (lactones) is 1. The van der Waals surface area contributed by atoms with Crippen LogP contribution < -0.4 is 4.90 Å². The van der Waals surface area contributed by atoms with Crippen molar-refractivity contribution in [3.63, 3.8) is 0 Å². The largest absolute Gasteiger partial charge is 0.447 e. The highest BCUT2D eigenvalue weighted by Gasteiger charge is 2.24. The molecule has 0 saturated carbocycles. The van der Waals surface area contributed by atoms with E-state index in [-0.39, 0.29) is 6.09 Å². The van der Waals surface area contributed by atoms with Crippen molar-refractivity contribution < 1.29 is 9.53 Å². The van der Waals surface area contributed by atoms with Crippen LogP contribution in [0.4, 0.5) is 10.6 Å². The second-order valence-corrected chi connectivity index (χ2v) is 3.51. The zero-order valence-electron chi connectivity index (χ0n) is 8.06. The molecule has 4 heteroatoms. The summed E-state index contributed by atoms with van der Waals surface area (Å²) in [7, 11) is 0. The fourth-order valence-electron chi connectivity index (χ4n) is 1.82. The summed E-state index contributed by atoms with van der Waals surface area (Å²) in [4.78, 5) is 16.1. The van der Waals surface area contributed by atoms with Crippen LogP contribution in [0.25, 0.3) is 10.9 Å². The lowest BCUT2D eigenvalue weighted by atomic mass is 10.2. The number of rotatable bonds is 1. The Balaban J connectivity index is 2.08. The van der Waals surface area contributed by atoms with E-state index < -0.39 is 0 Å². The molecule has 1 amide bonds. The fourth-order valence-corrected chi connectivity index (χ4v) is 1.82. The van der Waals surface area contributed by atoms with Crippen molar-refractivity contribution >= 4 is 22.8 Å². The second-order valence-electron chi connectivity index (χ2n) is 3.51. The van der Waals surface area contributed by atoms with Crippen LogP contribution in [0, 0.1) is 0 Å². The summed E-state index contributed by atoms with van der Waals surface area (Å²) in [6.07, 6.45) is -0.276. The quantitative estimate of drug-likeness (QED) is 0.769. The van der Waals surface area contributed by atoms with Crippen molar-refractivity contribution in [2.24, 2.45) is 0 Å². The van der Waals surface area contributed by atoms with E-state index in [1.54, 1.807) is 4.90 Å². The van der Waals surface area contributed by atoms with E-state index in [0.29, 0.717) is 13.2 Å². The Morgan fingerprint density at radius 2 is 2.20 bits per heavy atom. The summed E-state index contributed by atoms with van der Waals surface area (Å²) in [5.74, 6) is 0.804. The van der Waals surface area contributed by atoms with Crippen LogP contribution in [0.2, 0.25) is 0 Å². The highest BCUT2D eigenvalue weighted by Crippen LogP contribution is 2.23. The van der Waals surface area contributed by atoms with E-state index in [1.807, 2.05) is 30.3 Å². The first-order chi connectivity index (χ1) is 7.34. The van der Waals surface area contributed by atoms with Gasteiger partial charge in [0.1, 0.15) is 12.4 Å². The first-order valence-corrected chi connectivity index (χ1v) is 4.87. The number of amides is 1. The number of benzene rings is 1. The van der Waals surface area contributed by atoms with Gasteiger partial charge in [-0.2, -0.15) is 0 Å². The Kier molecular flexibility index (Phi) is 1.68. The number of carbonyl (C=O) groups is 1. The Hall–Kier alpha value is -1.97. The minimum absolute atomic E-state index is 0.276. The summed E-state index contributed by atoms with van der Waals surface area (Å²) in [6, 6.07) is 9.89. The van der Waals surface area contributed by atoms with E-state index in [2.05, 4.69) is 4.98 Å². The van der Waals surface area contributed by atoms with E-state index >= 15 is 0 Å². The molecule has 4 nitrogen and oxygen atoms in total. The minimum Gasteiger partial charge on any atom is -0.447 e. The van der Waals surface area contributed by atoms with Gasteiger partial charge in [-0.25, -0.2) is 4.79 Å². The molecule has 1 aromatic heterocycles. The number of nitrogens with one attached hydrogen (secondary N) is 1. The summed E-state index contributed by atoms with van der Waals surface area (Å²) in [6.45, 7) is 1.08. The van der Waals surface area contributed by atoms with Gasteiger partial charge in [0.2, 0.25) is 0 Å². The van der Waals surface area contributed by atoms with Crippen molar-refractivity contribution in [1.82, 2.24) is 4.98 Å². The van der Waals surface area contributed by atoms with E-state index in [1.165, 1.54) is 0 Å². The molecule has 0 spiro atoms. The van der Waals surface area contributed by atoms with Crippen molar-refractivity contribution in [2.75, 3.05) is 18.1 Å². The summed E-state index contributed by atoms with van der Waals surface area (Å²) in [5, 5.41) is 1.10. The average Bonchev–Trinajstić information content (AvgIpc) is 2.82. The highest BCUT2D eigenvalue weighted by atomic mass is 16.6. The van der Waals surface area contributed by atoms with Gasteiger partial charge in [0.05, 0.1) is 6.54 Å². The Bertz CT molecular complexity index is 485. The summed E-state index contributed by atoms with van der Waals surface area (Å²) >= 11 is 0. The van der Waals surface area contributed by atoms with Gasteiger partial charge in [0.25, 0.3) is 0 Å². The summed E-state index contributed by atoms with van der Waals surface area (Å²) < 4.78 is 4.88. The van der Waals surface area contributed by atoms with Gasteiger partial charge in [-0.05, 0) is 12.1 Å². The van der Waals surface area contributed by atoms with Gasteiger partial charge in [0, 0.05) is 10.9 Å². The monoisotopic (exact) mass is 202 g/mol. The molecule has 76 valence electrons. The molecule has 0 unspecified atom stereocenters.